The van der Waals surface area contributed by atoms with Crippen molar-refractivity contribution in [3.63, 3.8) is 0 Å². The van der Waals surface area contributed by atoms with Crippen LogP contribution in [0.1, 0.15) is 6.92 Å². The van der Waals surface area contributed by atoms with Crippen LogP contribution in [0.5, 0.6) is 0 Å². The molecule has 13 heteroatoms. The highest BCUT2D eigenvalue weighted by Gasteiger charge is 2.52. The third-order valence-corrected chi connectivity index (χ3v) is 5.02. The first-order chi connectivity index (χ1) is 12.4. The largest absolute Gasteiger partial charge is 0.543 e. The lowest BCUT2D eigenvalue weighted by Crippen LogP contribution is -2.71. The fourth-order valence-corrected chi connectivity index (χ4v) is 3.91. The Morgan fingerprint density at radius 3 is 2.85 bits per heavy atom. The van der Waals surface area contributed by atoms with Crippen LogP contribution in [0.3, 0.4) is 0 Å². The Bertz CT molecular complexity index is 793. The first kappa shape index (κ1) is 17.8. The molecule has 0 spiro atoms. The molecule has 2 amide bonds. The molecule has 3 rings (SSSR count). The van der Waals surface area contributed by atoms with Crippen LogP contribution in [-0.4, -0.2) is 72.6 Å². The van der Waals surface area contributed by atoms with Gasteiger partial charge in [0.05, 0.1) is 11.7 Å². The summed E-state index contributed by atoms with van der Waals surface area (Å²) in [6.45, 7) is 0.738. The molecule has 26 heavy (non-hydrogen) atoms. The molecule has 0 aliphatic carbocycles. The standard InChI is InChI=1S/C13H14N6O6S/c1-6(20)25-3-7-4-26-12-9(11(22)19(12)10(7)13(23)24)16-8(21)2-18-15-5-14-17-18/h5,9,12H,2-4H2,1H3,(H,16,21)(H,23,24)/p-1/t9-,12-/m1/s1. The van der Waals surface area contributed by atoms with Crippen molar-refractivity contribution in [2.24, 2.45) is 0 Å². The monoisotopic (exact) mass is 381 g/mol. The van der Waals surface area contributed by atoms with Crippen LogP contribution in [0, 0.1) is 0 Å². The van der Waals surface area contributed by atoms with Gasteiger partial charge in [0.2, 0.25) is 5.91 Å². The van der Waals surface area contributed by atoms with E-state index in [4.69, 9.17) is 4.74 Å². The van der Waals surface area contributed by atoms with Crippen LogP contribution in [0.25, 0.3) is 0 Å². The van der Waals surface area contributed by atoms with Crippen molar-refractivity contribution in [3.8, 4) is 0 Å². The molecule has 1 aromatic heterocycles. The molecule has 2 atom stereocenters. The summed E-state index contributed by atoms with van der Waals surface area (Å²) >= 11 is 1.26. The molecule has 0 radical (unpaired) electrons. The van der Waals surface area contributed by atoms with E-state index in [1.807, 2.05) is 0 Å². The van der Waals surface area contributed by atoms with E-state index >= 15 is 0 Å². The first-order valence-electron chi connectivity index (χ1n) is 7.40. The summed E-state index contributed by atoms with van der Waals surface area (Å²) in [7, 11) is 0. The number of carbonyl (C=O) groups excluding carboxylic acids is 4. The molecule has 2 aliphatic heterocycles. The number of hydrogen-bond donors (Lipinski definition) is 1. The summed E-state index contributed by atoms with van der Waals surface area (Å²) in [6.07, 6.45) is 1.17. The van der Waals surface area contributed by atoms with Crippen molar-refractivity contribution in [2.75, 3.05) is 12.4 Å². The van der Waals surface area contributed by atoms with Crippen LogP contribution in [0.4, 0.5) is 0 Å². The zero-order valence-electron chi connectivity index (χ0n) is 13.4. The van der Waals surface area contributed by atoms with E-state index in [0.717, 1.165) is 9.70 Å². The zero-order valence-corrected chi connectivity index (χ0v) is 14.3. The average Bonchev–Trinajstić information content (AvgIpc) is 3.09. The lowest BCUT2D eigenvalue weighted by atomic mass is 10.0. The second-order valence-electron chi connectivity index (χ2n) is 5.44. The third-order valence-electron chi connectivity index (χ3n) is 3.68. The summed E-state index contributed by atoms with van der Waals surface area (Å²) in [6, 6.07) is -0.874. The van der Waals surface area contributed by atoms with Gasteiger partial charge in [0, 0.05) is 18.2 Å². The molecule has 12 nitrogen and oxygen atoms in total. The minimum Gasteiger partial charge on any atom is -0.543 e. The van der Waals surface area contributed by atoms with Crippen LogP contribution in [0.2, 0.25) is 0 Å². The number of thioether (sulfide) groups is 1. The maximum absolute atomic E-state index is 12.3. The van der Waals surface area contributed by atoms with Crippen LogP contribution >= 0.6 is 11.8 Å². The SMILES string of the molecule is CC(=O)OCC1=C(C(=O)[O-])N2C(=O)[C@@H](NC(=O)Cn3ncnn3)[C@H]2SC1. The molecular weight excluding hydrogens is 368 g/mol. The van der Waals surface area contributed by atoms with E-state index in [-0.39, 0.29) is 30.2 Å². The van der Waals surface area contributed by atoms with Crippen molar-refractivity contribution < 1.29 is 29.0 Å². The van der Waals surface area contributed by atoms with Crippen molar-refractivity contribution >= 4 is 35.5 Å². The van der Waals surface area contributed by atoms with Crippen molar-refractivity contribution in [2.45, 2.75) is 24.9 Å². The van der Waals surface area contributed by atoms with Crippen LogP contribution in [0.15, 0.2) is 17.6 Å². The number of carboxylic acid groups (broad SMARTS) is 1. The summed E-state index contributed by atoms with van der Waals surface area (Å²) in [4.78, 5) is 48.8. The number of nitrogens with zero attached hydrogens (tertiary/aromatic N) is 5. The lowest BCUT2D eigenvalue weighted by Gasteiger charge is -2.50. The molecule has 0 bridgehead atoms. The number of aromatic nitrogens is 4. The van der Waals surface area contributed by atoms with Gasteiger partial charge in [0.25, 0.3) is 5.91 Å². The first-order valence-corrected chi connectivity index (χ1v) is 8.45. The maximum atomic E-state index is 12.3. The van der Waals surface area contributed by atoms with E-state index in [9.17, 15) is 24.3 Å². The summed E-state index contributed by atoms with van der Waals surface area (Å²) in [5.74, 6) is -2.97. The van der Waals surface area contributed by atoms with Gasteiger partial charge in [-0.25, -0.2) is 0 Å². The van der Waals surface area contributed by atoms with Gasteiger partial charge in [0.15, 0.2) is 6.33 Å². The van der Waals surface area contributed by atoms with E-state index in [1.54, 1.807) is 0 Å². The summed E-state index contributed by atoms with van der Waals surface area (Å²) < 4.78 is 4.82. The number of tetrazole rings is 1. The van der Waals surface area contributed by atoms with E-state index in [2.05, 4.69) is 20.7 Å². The Kier molecular flexibility index (Phi) is 4.88. The van der Waals surface area contributed by atoms with Crippen LogP contribution < -0.4 is 10.4 Å². The summed E-state index contributed by atoms with van der Waals surface area (Å²) in [5, 5.41) is 24.1. The quantitative estimate of drug-likeness (QED) is 0.389. The van der Waals surface area contributed by atoms with Gasteiger partial charge < -0.3 is 20.0 Å². The number of ether oxygens (including phenoxy) is 1. The number of carbonyl (C=O) groups is 4. The number of rotatable bonds is 6. The highest BCUT2D eigenvalue weighted by Crippen LogP contribution is 2.40. The maximum Gasteiger partial charge on any atom is 0.302 e. The highest BCUT2D eigenvalue weighted by atomic mass is 32.2. The van der Waals surface area contributed by atoms with Gasteiger partial charge in [-0.15, -0.1) is 22.0 Å². The zero-order chi connectivity index (χ0) is 18.8. The second kappa shape index (κ2) is 7.11. The van der Waals surface area contributed by atoms with Gasteiger partial charge in [0.1, 0.15) is 24.6 Å². The number of hydrogen-bond acceptors (Lipinski definition) is 10. The Balaban J connectivity index is 1.69. The van der Waals surface area contributed by atoms with Crippen molar-refractivity contribution in [3.05, 3.63) is 17.6 Å². The van der Waals surface area contributed by atoms with E-state index in [1.165, 1.54) is 25.0 Å². The normalized spacial score (nSPS) is 21.7. The number of fused-ring (bicyclic) bond motifs is 1. The minimum atomic E-state index is -1.54. The summed E-state index contributed by atoms with van der Waals surface area (Å²) in [5.41, 5.74) is -0.0465. The topological polar surface area (TPSA) is 159 Å². The molecular formula is C13H13N6O6S-. The van der Waals surface area contributed by atoms with Gasteiger partial charge in [-0.05, 0) is 5.21 Å². The molecule has 0 unspecified atom stereocenters. The Hall–Kier alpha value is -2.96. The molecule has 1 aromatic rings. The predicted molar refractivity (Wildman–Crippen MR) is 81.5 cm³/mol. The molecule has 3 heterocycles. The molecule has 1 saturated heterocycles. The number of β-lactam (4-membered cyclic amide) rings is 1. The number of carboxylic acids is 1. The lowest BCUT2D eigenvalue weighted by molar-refractivity contribution is -0.301. The van der Waals surface area contributed by atoms with Gasteiger partial charge in [-0.2, -0.15) is 4.80 Å². The molecule has 2 aliphatic rings. The average molecular weight is 381 g/mol. The van der Waals surface area contributed by atoms with E-state index < -0.39 is 35.2 Å². The van der Waals surface area contributed by atoms with Gasteiger partial charge in [-0.3, -0.25) is 19.3 Å². The smallest absolute Gasteiger partial charge is 0.302 e. The fourth-order valence-electron chi connectivity index (χ4n) is 2.58. The number of esters is 1. The molecule has 138 valence electrons. The van der Waals surface area contributed by atoms with Crippen molar-refractivity contribution in [1.29, 1.82) is 0 Å². The predicted octanol–water partition coefficient (Wildman–Crippen LogP) is -3.36. The van der Waals surface area contributed by atoms with Gasteiger partial charge >= 0.3 is 5.97 Å². The third kappa shape index (κ3) is 3.37. The van der Waals surface area contributed by atoms with Gasteiger partial charge in [-0.1, -0.05) is 0 Å². The number of aliphatic carboxylic acids is 1. The highest BCUT2D eigenvalue weighted by molar-refractivity contribution is 8.00. The molecule has 0 saturated carbocycles. The van der Waals surface area contributed by atoms with Crippen LogP contribution in [-0.2, 0) is 30.5 Å². The van der Waals surface area contributed by atoms with E-state index in [0.29, 0.717) is 0 Å². The second-order valence-corrected chi connectivity index (χ2v) is 6.55. The van der Waals surface area contributed by atoms with Crippen molar-refractivity contribution in [1.82, 2.24) is 30.4 Å². The molecule has 1 fully saturated rings. The molecule has 0 aromatic carbocycles. The molecule has 1 N–H and O–H groups in total. The minimum absolute atomic E-state index is 0.220. The number of nitrogens with one attached hydrogen (secondary N) is 1. The Morgan fingerprint density at radius 2 is 2.23 bits per heavy atom. The number of amides is 2. The Labute approximate surface area is 150 Å². The Morgan fingerprint density at radius 1 is 1.46 bits per heavy atom. The fraction of sp³-hybridized carbons (Fsp3) is 0.462.